The minimum atomic E-state index is 0.934. The second kappa shape index (κ2) is 13.9. The van der Waals surface area contributed by atoms with Gasteiger partial charge in [-0.25, -0.2) is 0 Å². The van der Waals surface area contributed by atoms with Gasteiger partial charge < -0.3 is 0 Å². The number of rotatable bonds is 14. The molecule has 0 heteroatoms. The topological polar surface area (TPSA) is 0 Å². The van der Waals surface area contributed by atoms with Gasteiger partial charge in [0.15, 0.2) is 0 Å². The Labute approximate surface area is 190 Å². The van der Waals surface area contributed by atoms with Crippen LogP contribution in [0, 0.1) is 6.07 Å². The van der Waals surface area contributed by atoms with Gasteiger partial charge in [0, 0.05) is 0 Å². The molecule has 31 heavy (non-hydrogen) atoms. The normalized spacial score (nSPS) is 11.0. The molecule has 0 aromatic heterocycles. The van der Waals surface area contributed by atoms with E-state index in [1.807, 2.05) is 6.07 Å². The molecule has 0 fully saturated rings. The van der Waals surface area contributed by atoms with Crippen molar-refractivity contribution in [2.45, 2.75) is 84.0 Å². The summed E-state index contributed by atoms with van der Waals surface area (Å²) in [4.78, 5) is 0. The largest absolute Gasteiger partial charge is 0.0654 e. The van der Waals surface area contributed by atoms with E-state index < -0.39 is 0 Å². The van der Waals surface area contributed by atoms with Crippen molar-refractivity contribution in [1.82, 2.24) is 0 Å². The van der Waals surface area contributed by atoms with Gasteiger partial charge in [-0.05, 0) is 53.1 Å². The van der Waals surface area contributed by atoms with Crippen molar-refractivity contribution in [2.75, 3.05) is 0 Å². The van der Waals surface area contributed by atoms with E-state index in [1.54, 1.807) is 0 Å². The molecule has 0 spiro atoms. The zero-order chi connectivity index (χ0) is 21.6. The lowest BCUT2D eigenvalue weighted by molar-refractivity contribution is 0.556. The minimum Gasteiger partial charge on any atom is -0.0654 e. The summed E-state index contributed by atoms with van der Waals surface area (Å²) < 4.78 is 0. The molecule has 1 radical (unpaired) electrons. The van der Waals surface area contributed by atoms with Crippen molar-refractivity contribution in [3.8, 4) is 11.1 Å². The summed E-state index contributed by atoms with van der Waals surface area (Å²) in [7, 11) is 0. The minimum absolute atomic E-state index is 0.934. The molecule has 163 valence electrons. The fraction of sp³-hybridized carbons (Fsp3) is 0.419. The number of unbranched alkanes of at least 4 members (excludes halogenated alkanes) is 9. The molecule has 0 aliphatic rings. The molecule has 3 rings (SSSR count). The SMILES string of the molecule is CCCCCCCCCCCCc1ccccc1-c1ccc[c]c1Cc1ccccc1. The van der Waals surface area contributed by atoms with Gasteiger partial charge in [-0.3, -0.25) is 0 Å². The Morgan fingerprint density at radius 2 is 1.19 bits per heavy atom. The summed E-state index contributed by atoms with van der Waals surface area (Å²) in [5, 5.41) is 0. The fourth-order valence-corrected chi connectivity index (χ4v) is 4.47. The van der Waals surface area contributed by atoms with E-state index in [2.05, 4.69) is 79.7 Å². The first-order valence-electron chi connectivity index (χ1n) is 12.5. The first-order valence-corrected chi connectivity index (χ1v) is 12.5. The van der Waals surface area contributed by atoms with Gasteiger partial charge in [0.2, 0.25) is 0 Å². The van der Waals surface area contributed by atoms with E-state index in [-0.39, 0.29) is 0 Å². The highest BCUT2D eigenvalue weighted by Crippen LogP contribution is 2.29. The summed E-state index contributed by atoms with van der Waals surface area (Å²) in [6.45, 7) is 2.29. The van der Waals surface area contributed by atoms with E-state index in [9.17, 15) is 0 Å². The lowest BCUT2D eigenvalue weighted by atomic mass is 9.90. The fourth-order valence-electron chi connectivity index (χ4n) is 4.47. The molecule has 0 saturated heterocycles. The lowest BCUT2D eigenvalue weighted by Crippen LogP contribution is -1.96. The number of hydrogen-bond donors (Lipinski definition) is 0. The Kier molecular flexibility index (Phi) is 10.4. The van der Waals surface area contributed by atoms with Crippen LogP contribution < -0.4 is 0 Å². The van der Waals surface area contributed by atoms with Crippen molar-refractivity contribution < 1.29 is 0 Å². The van der Waals surface area contributed by atoms with Crippen LogP contribution in [0.15, 0.2) is 72.8 Å². The van der Waals surface area contributed by atoms with Gasteiger partial charge in [0.25, 0.3) is 0 Å². The smallest absolute Gasteiger partial charge is 0.00134 e. The maximum atomic E-state index is 3.52. The van der Waals surface area contributed by atoms with E-state index in [0.717, 1.165) is 6.42 Å². The number of benzene rings is 3. The van der Waals surface area contributed by atoms with Gasteiger partial charge >= 0.3 is 0 Å². The Morgan fingerprint density at radius 1 is 0.581 bits per heavy atom. The van der Waals surface area contributed by atoms with E-state index in [0.29, 0.717) is 0 Å². The monoisotopic (exact) mass is 411 g/mol. The van der Waals surface area contributed by atoms with Gasteiger partial charge in [-0.1, -0.05) is 138 Å². The average Bonchev–Trinajstić information content (AvgIpc) is 2.82. The van der Waals surface area contributed by atoms with Crippen LogP contribution in [0.4, 0.5) is 0 Å². The van der Waals surface area contributed by atoms with Gasteiger partial charge in [0.05, 0.1) is 0 Å². The number of hydrogen-bond acceptors (Lipinski definition) is 0. The second-order valence-electron chi connectivity index (χ2n) is 8.81. The van der Waals surface area contributed by atoms with E-state index in [4.69, 9.17) is 0 Å². The van der Waals surface area contributed by atoms with Crippen LogP contribution in [0.25, 0.3) is 11.1 Å². The quantitative estimate of drug-likeness (QED) is 0.232. The molecular weight excluding hydrogens is 372 g/mol. The van der Waals surface area contributed by atoms with Gasteiger partial charge in [0.1, 0.15) is 0 Å². The maximum absolute atomic E-state index is 3.52. The first-order chi connectivity index (χ1) is 15.4. The third kappa shape index (κ3) is 8.02. The predicted molar refractivity (Wildman–Crippen MR) is 136 cm³/mol. The molecule has 0 bridgehead atoms. The van der Waals surface area contributed by atoms with Gasteiger partial charge in [-0.15, -0.1) is 0 Å². The van der Waals surface area contributed by atoms with E-state index >= 15 is 0 Å². The zero-order valence-electron chi connectivity index (χ0n) is 19.4. The maximum Gasteiger partial charge on any atom is -0.00134 e. The summed E-state index contributed by atoms with van der Waals surface area (Å²) >= 11 is 0. The molecule has 0 N–H and O–H groups in total. The molecule has 0 atom stereocenters. The molecule has 0 nitrogen and oxygen atoms in total. The Hall–Kier alpha value is -2.34. The summed E-state index contributed by atoms with van der Waals surface area (Å²) in [6.07, 6.45) is 16.0. The standard InChI is InChI=1S/C31H39/c1-2-3-4-5-6-7-8-9-10-14-21-28-22-15-17-24-30(28)31-25-18-16-23-29(31)26-27-19-12-11-13-20-27/h11-13,15-20,22,24-25H,2-10,14,21,26H2,1H3. The van der Waals surface area contributed by atoms with Crippen molar-refractivity contribution in [2.24, 2.45) is 0 Å². The third-order valence-corrected chi connectivity index (χ3v) is 6.27. The van der Waals surface area contributed by atoms with Crippen LogP contribution in [0.1, 0.15) is 87.8 Å². The predicted octanol–water partition coefficient (Wildman–Crippen LogP) is 9.21. The molecule has 0 unspecified atom stereocenters. The molecular formula is C31H39. The van der Waals surface area contributed by atoms with Crippen LogP contribution >= 0.6 is 0 Å². The van der Waals surface area contributed by atoms with Crippen LogP contribution in [0.5, 0.6) is 0 Å². The molecule has 3 aromatic carbocycles. The Balaban J connectivity index is 1.53. The van der Waals surface area contributed by atoms with Crippen molar-refractivity contribution in [3.63, 3.8) is 0 Å². The summed E-state index contributed by atoms with van der Waals surface area (Å²) in [5.74, 6) is 0. The highest BCUT2D eigenvalue weighted by molar-refractivity contribution is 5.71. The van der Waals surface area contributed by atoms with Crippen molar-refractivity contribution in [3.05, 3.63) is 95.6 Å². The molecule has 0 saturated carbocycles. The van der Waals surface area contributed by atoms with Crippen LogP contribution in [0.2, 0.25) is 0 Å². The molecule has 0 heterocycles. The van der Waals surface area contributed by atoms with E-state index in [1.165, 1.54) is 98.4 Å². The second-order valence-corrected chi connectivity index (χ2v) is 8.81. The highest BCUT2D eigenvalue weighted by atomic mass is 14.1. The van der Waals surface area contributed by atoms with Crippen LogP contribution in [0.3, 0.4) is 0 Å². The van der Waals surface area contributed by atoms with Gasteiger partial charge in [-0.2, -0.15) is 0 Å². The average molecular weight is 412 g/mol. The first kappa shape index (κ1) is 23.3. The Bertz CT molecular complexity index is 862. The third-order valence-electron chi connectivity index (χ3n) is 6.27. The van der Waals surface area contributed by atoms with Crippen molar-refractivity contribution >= 4 is 0 Å². The lowest BCUT2D eigenvalue weighted by Gasteiger charge is -2.14. The molecule has 0 aliphatic carbocycles. The van der Waals surface area contributed by atoms with Crippen LogP contribution in [-0.4, -0.2) is 0 Å². The summed E-state index contributed by atoms with van der Waals surface area (Å²) in [6, 6.07) is 29.7. The molecule has 3 aromatic rings. The molecule has 0 aliphatic heterocycles. The number of aryl methyl sites for hydroxylation is 1. The highest BCUT2D eigenvalue weighted by Gasteiger charge is 2.10. The Morgan fingerprint density at radius 3 is 1.94 bits per heavy atom. The molecule has 0 amide bonds. The zero-order valence-corrected chi connectivity index (χ0v) is 19.4. The van der Waals surface area contributed by atoms with Crippen molar-refractivity contribution in [1.29, 1.82) is 0 Å². The van der Waals surface area contributed by atoms with Crippen LogP contribution in [-0.2, 0) is 12.8 Å². The summed E-state index contributed by atoms with van der Waals surface area (Å²) in [5.41, 5.74) is 6.86.